The van der Waals surface area contributed by atoms with Crippen LogP contribution in [0.2, 0.25) is 0 Å². The molecule has 5 nitrogen and oxygen atoms in total. The van der Waals surface area contributed by atoms with Gasteiger partial charge < -0.3 is 20.1 Å². The molecule has 1 heterocycles. The molecule has 1 amide bonds. The lowest BCUT2D eigenvalue weighted by molar-refractivity contribution is -0.000527. The summed E-state index contributed by atoms with van der Waals surface area (Å²) in [5.74, 6) is 0.469. The fraction of sp³-hybridized carbons (Fsp3) is 0.944. The molecule has 1 saturated carbocycles. The first-order chi connectivity index (χ1) is 10.8. The van der Waals surface area contributed by atoms with Crippen molar-refractivity contribution in [3.05, 3.63) is 0 Å². The molecule has 0 spiro atoms. The second-order valence-electron chi connectivity index (χ2n) is 8.19. The number of aliphatic hydroxyl groups excluding tert-OH is 1. The molecule has 1 saturated heterocycles. The highest BCUT2D eigenvalue weighted by molar-refractivity contribution is 5.68. The largest absolute Gasteiger partial charge is 0.444 e. The van der Waals surface area contributed by atoms with E-state index < -0.39 is 5.60 Å². The summed E-state index contributed by atoms with van der Waals surface area (Å²) in [5.41, 5.74) is -0.447. The van der Waals surface area contributed by atoms with Gasteiger partial charge in [-0.05, 0) is 65.7 Å². The third-order valence-electron chi connectivity index (χ3n) is 5.01. The Hall–Kier alpha value is -0.810. The van der Waals surface area contributed by atoms with Gasteiger partial charge >= 0.3 is 6.09 Å². The molecular weight excluding hydrogens is 292 g/mol. The number of amides is 1. The molecule has 2 fully saturated rings. The highest BCUT2D eigenvalue weighted by atomic mass is 16.6. The summed E-state index contributed by atoms with van der Waals surface area (Å²) in [4.78, 5) is 14.6. The van der Waals surface area contributed by atoms with E-state index in [-0.39, 0.29) is 24.8 Å². The summed E-state index contributed by atoms with van der Waals surface area (Å²) < 4.78 is 5.63. The van der Waals surface area contributed by atoms with E-state index in [9.17, 15) is 9.90 Å². The average Bonchev–Trinajstić information content (AvgIpc) is 2.93. The fourth-order valence-electron chi connectivity index (χ4n) is 4.02. The van der Waals surface area contributed by atoms with Gasteiger partial charge in [-0.15, -0.1) is 0 Å². The molecular formula is C18H34N2O3. The van der Waals surface area contributed by atoms with Crippen LogP contribution in [0.25, 0.3) is 0 Å². The number of carbonyl (C=O) groups excluding carboxylic acids is 1. The van der Waals surface area contributed by atoms with Gasteiger partial charge in [0.15, 0.2) is 0 Å². The third-order valence-corrected chi connectivity index (χ3v) is 5.01. The number of ether oxygens (including phenoxy) is 1. The van der Waals surface area contributed by atoms with E-state index in [1.165, 1.54) is 12.8 Å². The monoisotopic (exact) mass is 326 g/mol. The summed E-state index contributed by atoms with van der Waals surface area (Å²) in [6, 6.07) is 0.772. The first-order valence-corrected chi connectivity index (χ1v) is 9.18. The Morgan fingerprint density at radius 1 is 1.26 bits per heavy atom. The Kier molecular flexibility index (Phi) is 6.32. The summed E-state index contributed by atoms with van der Waals surface area (Å²) in [5, 5.41) is 12.9. The molecule has 0 radical (unpaired) electrons. The van der Waals surface area contributed by atoms with Crippen molar-refractivity contribution in [2.75, 3.05) is 13.2 Å². The van der Waals surface area contributed by atoms with Crippen LogP contribution in [-0.4, -0.2) is 53.0 Å². The van der Waals surface area contributed by atoms with Gasteiger partial charge in [0.05, 0.1) is 6.61 Å². The normalized spacial score (nSPS) is 30.3. The second-order valence-corrected chi connectivity index (χ2v) is 8.19. The molecule has 4 unspecified atom stereocenters. The maximum Gasteiger partial charge on any atom is 0.410 e. The van der Waals surface area contributed by atoms with Crippen molar-refractivity contribution in [2.24, 2.45) is 5.92 Å². The van der Waals surface area contributed by atoms with Crippen molar-refractivity contribution in [1.29, 1.82) is 0 Å². The highest BCUT2D eigenvalue weighted by Gasteiger charge is 2.40. The zero-order chi connectivity index (χ0) is 17.0. The molecule has 23 heavy (non-hydrogen) atoms. The van der Waals surface area contributed by atoms with Crippen LogP contribution in [0.15, 0.2) is 0 Å². The van der Waals surface area contributed by atoms with E-state index in [1.807, 2.05) is 32.6 Å². The van der Waals surface area contributed by atoms with Crippen LogP contribution in [0, 0.1) is 5.92 Å². The second kappa shape index (κ2) is 7.84. The van der Waals surface area contributed by atoms with Crippen LogP contribution in [0.5, 0.6) is 0 Å². The molecule has 1 aliphatic heterocycles. The number of likely N-dealkylation sites (tertiary alicyclic amines) is 1. The van der Waals surface area contributed by atoms with Crippen molar-refractivity contribution < 1.29 is 14.6 Å². The average molecular weight is 326 g/mol. The lowest BCUT2D eigenvalue weighted by Gasteiger charge is -2.42. The molecule has 0 aromatic heterocycles. The van der Waals surface area contributed by atoms with Crippen LogP contribution in [0.1, 0.15) is 66.2 Å². The van der Waals surface area contributed by atoms with Gasteiger partial charge in [0.1, 0.15) is 5.60 Å². The Bertz CT molecular complexity index is 394. The van der Waals surface area contributed by atoms with Crippen molar-refractivity contribution in [2.45, 2.75) is 89.9 Å². The molecule has 5 heteroatoms. The minimum atomic E-state index is -0.447. The Morgan fingerprint density at radius 2 is 2.00 bits per heavy atom. The van der Waals surface area contributed by atoms with Crippen LogP contribution in [0.4, 0.5) is 4.79 Å². The lowest BCUT2D eigenvalue weighted by atomic mass is 9.86. The van der Waals surface area contributed by atoms with E-state index in [4.69, 9.17) is 4.74 Å². The first-order valence-electron chi connectivity index (χ1n) is 9.18. The molecule has 2 rings (SSSR count). The van der Waals surface area contributed by atoms with E-state index in [0.29, 0.717) is 12.0 Å². The SMILES string of the molecule is CC(CO)NC1CCCC1C1CCCCN1C(=O)OC(C)(C)C. The van der Waals surface area contributed by atoms with Crippen molar-refractivity contribution in [1.82, 2.24) is 10.2 Å². The maximum absolute atomic E-state index is 12.6. The van der Waals surface area contributed by atoms with Crippen molar-refractivity contribution in [3.63, 3.8) is 0 Å². The molecule has 1 aliphatic carbocycles. The molecule has 2 N–H and O–H groups in total. The summed E-state index contributed by atoms with van der Waals surface area (Å²) in [6.45, 7) is 8.75. The Balaban J connectivity index is 2.06. The van der Waals surface area contributed by atoms with Crippen LogP contribution in [0.3, 0.4) is 0 Å². The zero-order valence-corrected chi connectivity index (χ0v) is 15.2. The van der Waals surface area contributed by atoms with Gasteiger partial charge in [0.2, 0.25) is 0 Å². The van der Waals surface area contributed by atoms with Gasteiger partial charge in [-0.3, -0.25) is 0 Å². The zero-order valence-electron chi connectivity index (χ0n) is 15.2. The first kappa shape index (κ1) is 18.5. The summed E-state index contributed by atoms with van der Waals surface area (Å²) in [6.07, 6.45) is 6.63. The molecule has 0 aromatic rings. The van der Waals surface area contributed by atoms with E-state index in [0.717, 1.165) is 32.2 Å². The fourth-order valence-corrected chi connectivity index (χ4v) is 4.02. The van der Waals surface area contributed by atoms with Gasteiger partial charge in [-0.1, -0.05) is 6.42 Å². The standard InChI is InChI=1S/C18H34N2O3/c1-13(12-21)19-15-9-7-8-14(15)16-10-5-6-11-20(16)17(22)23-18(2,3)4/h13-16,19,21H,5-12H2,1-4H3. The predicted octanol–water partition coefficient (Wildman–Crippen LogP) is 2.92. The number of hydrogen-bond acceptors (Lipinski definition) is 4. The summed E-state index contributed by atoms with van der Waals surface area (Å²) in [7, 11) is 0. The number of hydrogen-bond donors (Lipinski definition) is 2. The molecule has 0 aromatic carbocycles. The number of nitrogens with one attached hydrogen (secondary N) is 1. The van der Waals surface area contributed by atoms with Gasteiger partial charge in [-0.2, -0.15) is 0 Å². The third kappa shape index (κ3) is 5.08. The van der Waals surface area contributed by atoms with Gasteiger partial charge in [-0.25, -0.2) is 4.79 Å². The number of carbonyl (C=O) groups is 1. The summed E-state index contributed by atoms with van der Waals surface area (Å²) >= 11 is 0. The Labute approximate surface area is 140 Å². The molecule has 4 atom stereocenters. The van der Waals surface area contributed by atoms with Crippen molar-refractivity contribution >= 4 is 6.09 Å². The van der Waals surface area contributed by atoms with Crippen LogP contribution >= 0.6 is 0 Å². The quantitative estimate of drug-likeness (QED) is 0.834. The van der Waals surface area contributed by atoms with E-state index in [1.54, 1.807) is 0 Å². The van der Waals surface area contributed by atoms with Crippen LogP contribution in [-0.2, 0) is 4.74 Å². The Morgan fingerprint density at radius 3 is 2.65 bits per heavy atom. The lowest BCUT2D eigenvalue weighted by Crippen LogP contribution is -2.53. The smallest absolute Gasteiger partial charge is 0.410 e. The topological polar surface area (TPSA) is 61.8 Å². The van der Waals surface area contributed by atoms with Crippen molar-refractivity contribution in [3.8, 4) is 0 Å². The van der Waals surface area contributed by atoms with E-state index >= 15 is 0 Å². The number of aliphatic hydroxyl groups is 1. The minimum Gasteiger partial charge on any atom is -0.444 e. The maximum atomic E-state index is 12.6. The number of rotatable bonds is 4. The minimum absolute atomic E-state index is 0.110. The molecule has 134 valence electrons. The van der Waals surface area contributed by atoms with E-state index in [2.05, 4.69) is 5.32 Å². The highest BCUT2D eigenvalue weighted by Crippen LogP contribution is 2.36. The number of piperidine rings is 1. The van der Waals surface area contributed by atoms with Gasteiger partial charge in [0, 0.05) is 24.7 Å². The number of nitrogens with zero attached hydrogens (tertiary/aromatic N) is 1. The van der Waals surface area contributed by atoms with Crippen LogP contribution < -0.4 is 5.32 Å². The molecule has 2 aliphatic rings. The molecule has 0 bridgehead atoms. The van der Waals surface area contributed by atoms with Gasteiger partial charge in [0.25, 0.3) is 0 Å². The predicted molar refractivity (Wildman–Crippen MR) is 91.4 cm³/mol.